The molecule has 3 aliphatic rings. The summed E-state index contributed by atoms with van der Waals surface area (Å²) in [6.07, 6.45) is 2.12. The summed E-state index contributed by atoms with van der Waals surface area (Å²) in [5, 5.41) is 3.08. The van der Waals surface area contributed by atoms with Crippen LogP contribution < -0.4 is 10.2 Å². The van der Waals surface area contributed by atoms with Crippen LogP contribution >= 0.6 is 0 Å². The van der Waals surface area contributed by atoms with E-state index in [1.807, 2.05) is 67.6 Å². The molecule has 2 fully saturated rings. The fourth-order valence-electron chi connectivity index (χ4n) is 7.31. The van der Waals surface area contributed by atoms with Crippen LogP contribution in [-0.2, 0) is 31.0 Å². The third-order valence-corrected chi connectivity index (χ3v) is 9.74. The second-order valence-corrected chi connectivity index (χ2v) is 12.1. The van der Waals surface area contributed by atoms with Gasteiger partial charge in [-0.3, -0.25) is 4.79 Å². The monoisotopic (exact) mass is 611 g/mol. The lowest BCUT2D eigenvalue weighted by Gasteiger charge is -2.44. The molecule has 0 bridgehead atoms. The smallest absolute Gasteiger partial charge is 0.410 e. The molecule has 3 aromatic carbocycles. The lowest BCUT2D eigenvalue weighted by atomic mass is 9.70. The van der Waals surface area contributed by atoms with Crippen molar-refractivity contribution in [2.24, 2.45) is 0 Å². The van der Waals surface area contributed by atoms with Crippen LogP contribution in [0.1, 0.15) is 71.3 Å². The molecule has 0 radical (unpaired) electrons. The molecular formula is C36H41N3O6. The van der Waals surface area contributed by atoms with Crippen molar-refractivity contribution in [3.63, 3.8) is 0 Å². The lowest BCUT2D eigenvalue weighted by molar-refractivity contribution is -0.123. The molecule has 2 unspecified atom stereocenters. The van der Waals surface area contributed by atoms with E-state index >= 15 is 0 Å². The van der Waals surface area contributed by atoms with Crippen molar-refractivity contribution in [2.75, 3.05) is 43.6 Å². The number of amides is 2. The number of likely N-dealkylation sites (tertiary alicyclic amines) is 1. The minimum absolute atomic E-state index is 0.0658. The number of para-hydroxylation sites is 1. The Kier molecular flexibility index (Phi) is 8.81. The van der Waals surface area contributed by atoms with E-state index in [1.54, 1.807) is 4.90 Å². The van der Waals surface area contributed by atoms with Gasteiger partial charge in [0.05, 0.1) is 24.1 Å². The number of anilines is 2. The summed E-state index contributed by atoms with van der Waals surface area (Å²) in [6.45, 7) is 6.62. The molecule has 9 nitrogen and oxygen atoms in total. The van der Waals surface area contributed by atoms with Crippen molar-refractivity contribution in [3.8, 4) is 0 Å². The predicted molar refractivity (Wildman–Crippen MR) is 171 cm³/mol. The van der Waals surface area contributed by atoms with Gasteiger partial charge in [-0.1, -0.05) is 48.5 Å². The summed E-state index contributed by atoms with van der Waals surface area (Å²) in [7, 11) is 1.38. The number of carbonyl (C=O) groups excluding carboxylic acids is 3. The summed E-state index contributed by atoms with van der Waals surface area (Å²) < 4.78 is 16.7. The van der Waals surface area contributed by atoms with E-state index in [1.165, 1.54) is 7.11 Å². The number of fused-ring (bicyclic) bond motifs is 2. The number of piperidine rings is 1. The van der Waals surface area contributed by atoms with Gasteiger partial charge in [-0.15, -0.1) is 0 Å². The number of carbonyl (C=O) groups is 3. The number of nitrogens with zero attached hydrogens (tertiary/aromatic N) is 2. The highest BCUT2D eigenvalue weighted by Gasteiger charge is 2.52. The van der Waals surface area contributed by atoms with E-state index in [9.17, 15) is 14.4 Å². The van der Waals surface area contributed by atoms with Crippen molar-refractivity contribution in [1.82, 2.24) is 4.90 Å². The van der Waals surface area contributed by atoms with Crippen LogP contribution in [0.2, 0.25) is 0 Å². The predicted octanol–water partition coefficient (Wildman–Crippen LogP) is 6.15. The Morgan fingerprint density at radius 1 is 1.07 bits per heavy atom. The molecule has 3 heterocycles. The Labute approximate surface area is 264 Å². The normalized spacial score (nSPS) is 21.3. The first kappa shape index (κ1) is 30.6. The van der Waals surface area contributed by atoms with Crippen LogP contribution in [0.4, 0.5) is 16.2 Å². The molecule has 45 heavy (non-hydrogen) atoms. The quantitative estimate of drug-likeness (QED) is 0.320. The van der Waals surface area contributed by atoms with Gasteiger partial charge in [0.2, 0.25) is 5.91 Å². The molecule has 1 spiro atoms. The van der Waals surface area contributed by atoms with Gasteiger partial charge in [-0.25, -0.2) is 9.59 Å². The maximum absolute atomic E-state index is 13.8. The standard InChI is InChI=1S/C36H41N3O6/c1-4-38(27-14-18-44-19-15-27)31-21-26(20-28(24(31)2)33(40)43-3)32-22-36(29-12-8-9-13-30(29)37-34(36)41)16-17-39(32)35(42)45-23-25-10-6-5-7-11-25/h5-13,20-21,27,32H,4,14-19,22-23H2,1-3H3,(H,37,41). The maximum Gasteiger partial charge on any atom is 0.410 e. The van der Waals surface area contributed by atoms with Crippen LogP contribution in [0.15, 0.2) is 66.7 Å². The van der Waals surface area contributed by atoms with E-state index in [0.717, 1.165) is 53.0 Å². The van der Waals surface area contributed by atoms with Gasteiger partial charge in [0.15, 0.2) is 0 Å². The summed E-state index contributed by atoms with van der Waals surface area (Å²) in [5.41, 5.74) is 4.79. The van der Waals surface area contributed by atoms with E-state index in [0.29, 0.717) is 38.2 Å². The summed E-state index contributed by atoms with van der Waals surface area (Å²) in [5.74, 6) is -0.504. The van der Waals surface area contributed by atoms with Crippen molar-refractivity contribution >= 4 is 29.3 Å². The largest absolute Gasteiger partial charge is 0.465 e. The molecule has 0 saturated carbocycles. The van der Waals surface area contributed by atoms with Crippen LogP contribution in [0.5, 0.6) is 0 Å². The topological polar surface area (TPSA) is 97.4 Å². The van der Waals surface area contributed by atoms with Crippen LogP contribution in [0, 0.1) is 6.92 Å². The summed E-state index contributed by atoms with van der Waals surface area (Å²) >= 11 is 0. The molecule has 9 heteroatoms. The fourth-order valence-corrected chi connectivity index (χ4v) is 7.31. The Bertz CT molecular complexity index is 1570. The molecule has 236 valence electrons. The van der Waals surface area contributed by atoms with Crippen LogP contribution in [-0.4, -0.2) is 62.3 Å². The first-order valence-corrected chi connectivity index (χ1v) is 15.8. The van der Waals surface area contributed by atoms with E-state index in [2.05, 4.69) is 23.2 Å². The molecule has 3 aliphatic heterocycles. The number of benzene rings is 3. The number of hydrogen-bond acceptors (Lipinski definition) is 7. The maximum atomic E-state index is 13.8. The third-order valence-electron chi connectivity index (χ3n) is 9.74. The molecule has 2 amide bonds. The molecule has 0 aliphatic carbocycles. The second kappa shape index (κ2) is 12.9. The lowest BCUT2D eigenvalue weighted by Crippen LogP contribution is -2.50. The van der Waals surface area contributed by atoms with Gasteiger partial charge in [0.25, 0.3) is 0 Å². The highest BCUT2D eigenvalue weighted by molar-refractivity contribution is 6.06. The second-order valence-electron chi connectivity index (χ2n) is 12.1. The summed E-state index contributed by atoms with van der Waals surface area (Å²) in [4.78, 5) is 44.9. The fraction of sp³-hybridized carbons (Fsp3) is 0.417. The van der Waals surface area contributed by atoms with Crippen LogP contribution in [0.25, 0.3) is 0 Å². The highest BCUT2D eigenvalue weighted by Crippen LogP contribution is 2.51. The average molecular weight is 612 g/mol. The van der Waals surface area contributed by atoms with Gasteiger partial charge in [-0.05, 0) is 80.0 Å². The Balaban J connectivity index is 1.44. The van der Waals surface area contributed by atoms with Crippen LogP contribution in [0.3, 0.4) is 0 Å². The molecule has 6 rings (SSSR count). The number of hydrogen-bond donors (Lipinski definition) is 1. The number of esters is 1. The number of rotatable bonds is 7. The van der Waals surface area contributed by atoms with Crippen molar-refractivity contribution in [1.29, 1.82) is 0 Å². The molecule has 2 saturated heterocycles. The van der Waals surface area contributed by atoms with Gasteiger partial charge >= 0.3 is 12.1 Å². The first-order chi connectivity index (χ1) is 21.9. The molecule has 3 aromatic rings. The minimum Gasteiger partial charge on any atom is -0.465 e. The molecular weight excluding hydrogens is 570 g/mol. The highest BCUT2D eigenvalue weighted by atomic mass is 16.6. The zero-order chi connectivity index (χ0) is 31.6. The average Bonchev–Trinajstić information content (AvgIpc) is 3.35. The number of nitrogens with one attached hydrogen (secondary N) is 1. The zero-order valence-corrected chi connectivity index (χ0v) is 26.2. The summed E-state index contributed by atoms with van der Waals surface area (Å²) in [6, 6.07) is 21.0. The van der Waals surface area contributed by atoms with E-state index in [4.69, 9.17) is 14.2 Å². The molecule has 1 N–H and O–H groups in total. The Morgan fingerprint density at radius 2 is 1.80 bits per heavy atom. The van der Waals surface area contributed by atoms with Crippen molar-refractivity contribution < 1.29 is 28.6 Å². The van der Waals surface area contributed by atoms with Crippen molar-refractivity contribution in [3.05, 3.63) is 94.5 Å². The SMILES string of the molecule is CCN(c1cc(C2CC3(CCN2C(=O)OCc2ccccc2)C(=O)Nc2ccccc23)cc(C(=O)OC)c1C)C1CCOCC1. The molecule has 0 aromatic heterocycles. The Hall–Kier alpha value is -4.37. The first-order valence-electron chi connectivity index (χ1n) is 15.8. The van der Waals surface area contributed by atoms with E-state index < -0.39 is 23.5 Å². The third kappa shape index (κ3) is 5.77. The van der Waals surface area contributed by atoms with Gasteiger partial charge < -0.3 is 29.3 Å². The molecule has 2 atom stereocenters. The zero-order valence-electron chi connectivity index (χ0n) is 26.2. The number of methoxy groups -OCH3 is 1. The van der Waals surface area contributed by atoms with Gasteiger partial charge in [0, 0.05) is 43.7 Å². The van der Waals surface area contributed by atoms with E-state index in [-0.39, 0.29) is 18.6 Å². The number of ether oxygens (including phenoxy) is 3. The van der Waals surface area contributed by atoms with Gasteiger partial charge in [-0.2, -0.15) is 0 Å². The minimum atomic E-state index is -0.820. The van der Waals surface area contributed by atoms with Crippen molar-refractivity contribution in [2.45, 2.75) is 63.6 Å². The van der Waals surface area contributed by atoms with Gasteiger partial charge in [0.1, 0.15) is 6.61 Å². The Morgan fingerprint density at radius 3 is 2.53 bits per heavy atom.